The molecule has 1 rings (SSSR count). The molecule has 1 aromatic heterocycles. The molecule has 0 bridgehead atoms. The van der Waals surface area contributed by atoms with Crippen LogP contribution in [0.3, 0.4) is 0 Å². The summed E-state index contributed by atoms with van der Waals surface area (Å²) in [5, 5.41) is 7.57. The molecule has 0 unspecified atom stereocenters. The quantitative estimate of drug-likeness (QED) is 0.645. The highest BCUT2D eigenvalue weighted by Crippen LogP contribution is 2.15. The summed E-state index contributed by atoms with van der Waals surface area (Å²) in [5.41, 5.74) is 1.15. The number of hydrogen-bond acceptors (Lipinski definition) is 3. The van der Waals surface area contributed by atoms with Gasteiger partial charge in [-0.2, -0.15) is 5.10 Å². The van der Waals surface area contributed by atoms with Crippen molar-refractivity contribution in [2.45, 2.75) is 19.8 Å². The molecule has 3 nitrogen and oxygen atoms in total. The molecule has 0 N–H and O–H groups in total. The van der Waals surface area contributed by atoms with Crippen molar-refractivity contribution >= 4 is 0 Å². The van der Waals surface area contributed by atoms with Crippen molar-refractivity contribution in [3.63, 3.8) is 0 Å². The molecule has 0 saturated carbocycles. The normalized spacial score (nSPS) is 10.2. The van der Waals surface area contributed by atoms with Gasteiger partial charge in [-0.3, -0.25) is 0 Å². The molecule has 0 spiro atoms. The lowest BCUT2D eigenvalue weighted by atomic mass is 10.1. The van der Waals surface area contributed by atoms with E-state index in [1.165, 1.54) is 0 Å². The monoisotopic (exact) mass is 152 g/mol. The maximum absolute atomic E-state index is 4.93. The lowest BCUT2D eigenvalue weighted by molar-refractivity contribution is 0.391. The van der Waals surface area contributed by atoms with Crippen molar-refractivity contribution in [2.75, 3.05) is 7.11 Å². The first-order valence-corrected chi connectivity index (χ1v) is 3.60. The first kappa shape index (κ1) is 7.98. The highest BCUT2D eigenvalue weighted by atomic mass is 16.5. The highest BCUT2D eigenvalue weighted by molar-refractivity contribution is 5.19. The molecular formula is C8H12N2O. The van der Waals surface area contributed by atoms with Gasteiger partial charge in [0, 0.05) is 6.07 Å². The zero-order chi connectivity index (χ0) is 8.27. The number of aromatic nitrogens is 2. The first-order valence-electron chi connectivity index (χ1n) is 3.60. The second-order valence-electron chi connectivity index (χ2n) is 2.69. The van der Waals surface area contributed by atoms with Gasteiger partial charge in [-0.15, -0.1) is 5.10 Å². The Labute approximate surface area is 66.4 Å². The molecule has 1 aromatic rings. The van der Waals surface area contributed by atoms with Crippen LogP contribution < -0.4 is 4.74 Å². The van der Waals surface area contributed by atoms with E-state index < -0.39 is 0 Å². The molecule has 0 aromatic carbocycles. The zero-order valence-electron chi connectivity index (χ0n) is 7.03. The number of ether oxygens (including phenoxy) is 1. The van der Waals surface area contributed by atoms with E-state index >= 15 is 0 Å². The molecule has 1 heterocycles. The van der Waals surface area contributed by atoms with Crippen molar-refractivity contribution in [1.82, 2.24) is 10.2 Å². The molecule has 0 aliphatic heterocycles. The third-order valence-corrected chi connectivity index (χ3v) is 1.53. The predicted molar refractivity (Wildman–Crippen MR) is 42.7 cm³/mol. The molecular weight excluding hydrogens is 140 g/mol. The summed E-state index contributed by atoms with van der Waals surface area (Å²) >= 11 is 0. The van der Waals surface area contributed by atoms with Gasteiger partial charge in [0.1, 0.15) is 0 Å². The van der Waals surface area contributed by atoms with Gasteiger partial charge in [-0.1, -0.05) is 13.8 Å². The standard InChI is InChI=1S/C8H12N2O/c1-6(2)7-4-8(11-3)10-9-5-7/h4-6H,1-3H3. The first-order chi connectivity index (χ1) is 5.24. The smallest absolute Gasteiger partial charge is 0.233 e. The fraction of sp³-hybridized carbons (Fsp3) is 0.500. The SMILES string of the molecule is COc1cc(C(C)C)cnn1. The average Bonchev–Trinajstić information content (AvgIpc) is 2.05. The Morgan fingerprint density at radius 3 is 2.73 bits per heavy atom. The Kier molecular flexibility index (Phi) is 2.41. The van der Waals surface area contributed by atoms with Gasteiger partial charge in [0.2, 0.25) is 5.88 Å². The van der Waals surface area contributed by atoms with E-state index in [0.717, 1.165) is 5.56 Å². The third kappa shape index (κ3) is 1.90. The number of methoxy groups -OCH3 is 1. The molecule has 0 aliphatic rings. The van der Waals surface area contributed by atoms with Crippen molar-refractivity contribution in [3.8, 4) is 5.88 Å². The fourth-order valence-corrected chi connectivity index (χ4v) is 0.777. The minimum absolute atomic E-state index is 0.472. The Bertz CT molecular complexity index is 235. The third-order valence-electron chi connectivity index (χ3n) is 1.53. The van der Waals surface area contributed by atoms with Gasteiger partial charge in [-0.05, 0) is 11.5 Å². The van der Waals surface area contributed by atoms with Crippen molar-refractivity contribution in [2.24, 2.45) is 0 Å². The molecule has 60 valence electrons. The molecule has 0 aliphatic carbocycles. The van der Waals surface area contributed by atoms with E-state index in [-0.39, 0.29) is 0 Å². The highest BCUT2D eigenvalue weighted by Gasteiger charge is 2.01. The molecule has 11 heavy (non-hydrogen) atoms. The predicted octanol–water partition coefficient (Wildman–Crippen LogP) is 1.61. The maximum Gasteiger partial charge on any atom is 0.233 e. The van der Waals surface area contributed by atoms with Crippen LogP contribution >= 0.6 is 0 Å². The van der Waals surface area contributed by atoms with E-state index in [9.17, 15) is 0 Å². The molecule has 0 fully saturated rings. The molecule has 0 atom stereocenters. The van der Waals surface area contributed by atoms with Gasteiger partial charge in [-0.25, -0.2) is 0 Å². The van der Waals surface area contributed by atoms with Gasteiger partial charge >= 0.3 is 0 Å². The molecule has 0 radical (unpaired) electrons. The van der Waals surface area contributed by atoms with Crippen molar-refractivity contribution < 1.29 is 4.74 Å². The van der Waals surface area contributed by atoms with E-state index in [1.807, 2.05) is 6.07 Å². The van der Waals surface area contributed by atoms with E-state index in [1.54, 1.807) is 13.3 Å². The van der Waals surface area contributed by atoms with E-state index in [4.69, 9.17) is 4.74 Å². The molecule has 0 saturated heterocycles. The fourth-order valence-electron chi connectivity index (χ4n) is 0.777. The molecule has 0 amide bonds. The van der Waals surface area contributed by atoms with Crippen LogP contribution in [-0.4, -0.2) is 17.3 Å². The van der Waals surface area contributed by atoms with Crippen molar-refractivity contribution in [1.29, 1.82) is 0 Å². The zero-order valence-corrected chi connectivity index (χ0v) is 7.03. The summed E-state index contributed by atoms with van der Waals surface area (Å²) in [5.74, 6) is 1.05. The van der Waals surface area contributed by atoms with Gasteiger partial charge < -0.3 is 4.74 Å². The van der Waals surface area contributed by atoms with Crippen LogP contribution in [0.25, 0.3) is 0 Å². The lowest BCUT2D eigenvalue weighted by Gasteiger charge is -2.04. The molecule has 3 heteroatoms. The summed E-state index contributed by atoms with van der Waals surface area (Å²) in [4.78, 5) is 0. The Hall–Kier alpha value is -1.12. The second kappa shape index (κ2) is 3.32. The summed E-state index contributed by atoms with van der Waals surface area (Å²) in [6.07, 6.45) is 1.76. The lowest BCUT2D eigenvalue weighted by Crippen LogP contribution is -1.94. The average molecular weight is 152 g/mol. The number of nitrogens with zero attached hydrogens (tertiary/aromatic N) is 2. The summed E-state index contributed by atoms with van der Waals surface area (Å²) < 4.78 is 4.93. The van der Waals surface area contributed by atoms with E-state index in [2.05, 4.69) is 24.0 Å². The number of hydrogen-bond donors (Lipinski definition) is 0. The van der Waals surface area contributed by atoms with Crippen LogP contribution in [0.15, 0.2) is 12.3 Å². The van der Waals surface area contributed by atoms with Crippen LogP contribution in [0.1, 0.15) is 25.3 Å². The number of rotatable bonds is 2. The van der Waals surface area contributed by atoms with Crippen molar-refractivity contribution in [3.05, 3.63) is 17.8 Å². The summed E-state index contributed by atoms with van der Waals surface area (Å²) in [7, 11) is 1.59. The Morgan fingerprint density at radius 1 is 1.45 bits per heavy atom. The van der Waals surface area contributed by atoms with Crippen LogP contribution in [0, 0.1) is 0 Å². The van der Waals surface area contributed by atoms with Crippen LogP contribution in [0.4, 0.5) is 0 Å². The Morgan fingerprint density at radius 2 is 2.18 bits per heavy atom. The van der Waals surface area contributed by atoms with Gasteiger partial charge in [0.25, 0.3) is 0 Å². The van der Waals surface area contributed by atoms with Crippen LogP contribution in [-0.2, 0) is 0 Å². The summed E-state index contributed by atoms with van der Waals surface area (Å²) in [6.45, 7) is 4.22. The van der Waals surface area contributed by atoms with E-state index in [0.29, 0.717) is 11.8 Å². The maximum atomic E-state index is 4.93. The minimum atomic E-state index is 0.472. The van der Waals surface area contributed by atoms with Crippen LogP contribution in [0.5, 0.6) is 5.88 Å². The van der Waals surface area contributed by atoms with Gasteiger partial charge in [0.15, 0.2) is 0 Å². The largest absolute Gasteiger partial charge is 0.480 e. The summed E-state index contributed by atoms with van der Waals surface area (Å²) in [6, 6.07) is 1.90. The topological polar surface area (TPSA) is 35.0 Å². The Balaban J connectivity index is 2.91. The van der Waals surface area contributed by atoms with Crippen LogP contribution in [0.2, 0.25) is 0 Å². The minimum Gasteiger partial charge on any atom is -0.480 e. The van der Waals surface area contributed by atoms with Gasteiger partial charge in [0.05, 0.1) is 13.3 Å². The second-order valence-corrected chi connectivity index (χ2v) is 2.69.